The quantitative estimate of drug-likeness (QED) is 0.138. The summed E-state index contributed by atoms with van der Waals surface area (Å²) in [5.74, 6) is -2.17. The Hall–Kier alpha value is -3.68. The first kappa shape index (κ1) is 28.3. The minimum absolute atomic E-state index is 0.129. The Labute approximate surface area is 223 Å². The minimum Gasteiger partial charge on any atom is -0.493 e. The van der Waals surface area contributed by atoms with Crippen molar-refractivity contribution in [3.05, 3.63) is 95.3 Å². The third-order valence-electron chi connectivity index (χ3n) is 6.44. The fourth-order valence-corrected chi connectivity index (χ4v) is 4.45. The van der Waals surface area contributed by atoms with Crippen molar-refractivity contribution in [1.82, 2.24) is 0 Å². The molecule has 0 spiro atoms. The van der Waals surface area contributed by atoms with Gasteiger partial charge in [0.15, 0.2) is 0 Å². The van der Waals surface area contributed by atoms with Crippen LogP contribution >= 0.6 is 0 Å². The van der Waals surface area contributed by atoms with Crippen LogP contribution < -0.4 is 9.47 Å². The Kier molecular flexibility index (Phi) is 9.04. The van der Waals surface area contributed by atoms with Gasteiger partial charge in [-0.15, -0.1) is 13.2 Å². The summed E-state index contributed by atoms with van der Waals surface area (Å²) in [6.45, 7) is 2.48. The number of benzene rings is 4. The van der Waals surface area contributed by atoms with Crippen molar-refractivity contribution < 1.29 is 35.8 Å². The predicted octanol–water partition coefficient (Wildman–Crippen LogP) is 9.57. The van der Waals surface area contributed by atoms with Crippen molar-refractivity contribution in [1.29, 1.82) is 0 Å². The van der Waals surface area contributed by atoms with Crippen molar-refractivity contribution in [2.24, 2.45) is 0 Å². The first-order valence-electron chi connectivity index (χ1n) is 12.8. The van der Waals surface area contributed by atoms with E-state index in [1.54, 1.807) is 12.1 Å². The van der Waals surface area contributed by atoms with Crippen LogP contribution in [0.1, 0.15) is 43.7 Å². The van der Waals surface area contributed by atoms with E-state index in [9.17, 15) is 22.0 Å². The van der Waals surface area contributed by atoms with Gasteiger partial charge >= 0.3 is 6.36 Å². The van der Waals surface area contributed by atoms with Gasteiger partial charge in [0.05, 0.1) is 12.2 Å². The van der Waals surface area contributed by atoms with E-state index in [0.717, 1.165) is 43.4 Å². The zero-order valence-electron chi connectivity index (χ0n) is 21.4. The lowest BCUT2D eigenvalue weighted by atomic mass is 9.96. The maximum absolute atomic E-state index is 15.3. The van der Waals surface area contributed by atoms with Crippen molar-refractivity contribution in [3.8, 4) is 22.6 Å². The van der Waals surface area contributed by atoms with Crippen molar-refractivity contribution in [2.75, 3.05) is 6.61 Å². The van der Waals surface area contributed by atoms with Gasteiger partial charge in [-0.2, -0.15) is 0 Å². The zero-order valence-corrected chi connectivity index (χ0v) is 21.4. The molecule has 0 fully saturated rings. The number of hydrogen-bond donors (Lipinski definition) is 0. The number of ether oxygens (including phenoxy) is 2. The van der Waals surface area contributed by atoms with Crippen molar-refractivity contribution in [3.63, 3.8) is 0 Å². The average molecular weight is 547 g/mol. The Balaban J connectivity index is 1.47. The topological polar surface area (TPSA) is 18.5 Å². The van der Waals surface area contributed by atoms with E-state index < -0.39 is 23.8 Å². The van der Waals surface area contributed by atoms with Crippen LogP contribution in [0.4, 0.5) is 26.3 Å². The summed E-state index contributed by atoms with van der Waals surface area (Å²) < 4.78 is 91.4. The average Bonchev–Trinajstić information content (AvgIpc) is 2.88. The predicted molar refractivity (Wildman–Crippen MR) is 139 cm³/mol. The molecule has 4 rings (SSSR count). The third kappa shape index (κ3) is 7.46. The largest absolute Gasteiger partial charge is 0.573 e. The summed E-state index contributed by atoms with van der Waals surface area (Å²) in [5, 5.41) is 0.787. The number of fused-ring (bicyclic) bond motifs is 1. The van der Waals surface area contributed by atoms with Crippen LogP contribution in [0.3, 0.4) is 0 Å². The van der Waals surface area contributed by atoms with E-state index in [1.807, 2.05) is 0 Å². The molecule has 0 unspecified atom stereocenters. The smallest absolute Gasteiger partial charge is 0.493 e. The lowest BCUT2D eigenvalue weighted by Gasteiger charge is -2.12. The summed E-state index contributed by atoms with van der Waals surface area (Å²) in [4.78, 5) is 0. The van der Waals surface area contributed by atoms with Gasteiger partial charge in [0.25, 0.3) is 0 Å². The van der Waals surface area contributed by atoms with E-state index >= 15 is 4.39 Å². The van der Waals surface area contributed by atoms with E-state index in [2.05, 4.69) is 11.7 Å². The lowest BCUT2D eigenvalue weighted by molar-refractivity contribution is -0.274. The first-order valence-corrected chi connectivity index (χ1v) is 12.8. The van der Waals surface area contributed by atoms with Gasteiger partial charge in [-0.3, -0.25) is 0 Å². The number of unbranched alkanes of at least 4 members (excludes halogenated alkanes) is 3. The van der Waals surface area contributed by atoms with Crippen LogP contribution in [-0.4, -0.2) is 13.0 Å². The molecule has 0 aliphatic rings. The molecule has 39 heavy (non-hydrogen) atoms. The summed E-state index contributed by atoms with van der Waals surface area (Å²) in [6, 6.07) is 15.5. The van der Waals surface area contributed by atoms with Gasteiger partial charge in [0, 0.05) is 17.5 Å². The molecule has 0 radical (unpaired) electrons. The monoisotopic (exact) mass is 546 g/mol. The normalized spacial score (nSPS) is 11.7. The molecule has 0 aliphatic heterocycles. The van der Waals surface area contributed by atoms with Crippen LogP contribution in [0.25, 0.3) is 21.9 Å². The van der Waals surface area contributed by atoms with Gasteiger partial charge in [-0.1, -0.05) is 62.6 Å². The Morgan fingerprint density at radius 2 is 1.44 bits per heavy atom. The summed E-state index contributed by atoms with van der Waals surface area (Å²) in [7, 11) is 0. The molecular formula is C31H28F6O2. The van der Waals surface area contributed by atoms with Gasteiger partial charge in [0.2, 0.25) is 0 Å². The molecule has 206 valence electrons. The number of hydrogen-bond acceptors (Lipinski definition) is 2. The second-order valence-corrected chi connectivity index (χ2v) is 9.34. The Bertz CT molecular complexity index is 1390. The summed E-state index contributed by atoms with van der Waals surface area (Å²) in [5.41, 5.74) is 1.21. The standard InChI is InChI=1S/C31H28F6O2/c1-2-3-4-5-16-38-25-18-27(32)29(28(33)19-25)23-12-15-26-22(17-23)11-10-21(30(26)34)9-6-20-7-13-24(14-8-20)39-31(35,36)37/h7-8,10-15,17-19H,2-6,9,16H2,1H3. The Morgan fingerprint density at radius 1 is 0.718 bits per heavy atom. The van der Waals surface area contributed by atoms with E-state index in [4.69, 9.17) is 4.74 Å². The third-order valence-corrected chi connectivity index (χ3v) is 6.44. The van der Waals surface area contributed by atoms with Gasteiger partial charge in [-0.25, -0.2) is 13.2 Å². The molecule has 4 aromatic rings. The molecule has 0 saturated carbocycles. The van der Waals surface area contributed by atoms with E-state index in [0.29, 0.717) is 35.8 Å². The second kappa shape index (κ2) is 12.5. The molecule has 4 aromatic carbocycles. The van der Waals surface area contributed by atoms with Crippen LogP contribution in [0.5, 0.6) is 11.5 Å². The highest BCUT2D eigenvalue weighted by molar-refractivity contribution is 5.88. The van der Waals surface area contributed by atoms with Crippen LogP contribution in [0, 0.1) is 17.5 Å². The van der Waals surface area contributed by atoms with Gasteiger partial charge in [0.1, 0.15) is 29.0 Å². The van der Waals surface area contributed by atoms with Crippen molar-refractivity contribution >= 4 is 10.8 Å². The molecule has 0 heterocycles. The van der Waals surface area contributed by atoms with Crippen LogP contribution in [0.2, 0.25) is 0 Å². The summed E-state index contributed by atoms with van der Waals surface area (Å²) in [6.07, 6.45) is -0.104. The highest BCUT2D eigenvalue weighted by Gasteiger charge is 2.31. The summed E-state index contributed by atoms with van der Waals surface area (Å²) >= 11 is 0. The molecule has 0 atom stereocenters. The van der Waals surface area contributed by atoms with Crippen molar-refractivity contribution in [2.45, 2.75) is 51.8 Å². The minimum atomic E-state index is -4.77. The van der Waals surface area contributed by atoms with E-state index in [-0.39, 0.29) is 22.6 Å². The molecule has 0 bridgehead atoms. The fraction of sp³-hybridized carbons (Fsp3) is 0.290. The van der Waals surface area contributed by atoms with E-state index in [1.165, 1.54) is 42.5 Å². The maximum Gasteiger partial charge on any atom is 0.573 e. The number of alkyl halides is 3. The number of aryl methyl sites for hydroxylation is 2. The molecule has 0 aliphatic carbocycles. The first-order chi connectivity index (χ1) is 18.6. The van der Waals surface area contributed by atoms with Gasteiger partial charge < -0.3 is 9.47 Å². The van der Waals surface area contributed by atoms with Gasteiger partial charge in [-0.05, 0) is 59.5 Å². The fourth-order valence-electron chi connectivity index (χ4n) is 4.45. The van der Waals surface area contributed by atoms with Crippen LogP contribution in [0.15, 0.2) is 66.7 Å². The molecule has 0 saturated heterocycles. The lowest BCUT2D eigenvalue weighted by Crippen LogP contribution is -2.17. The number of halogens is 6. The SMILES string of the molecule is CCCCCCOc1cc(F)c(-c2ccc3c(F)c(CCc4ccc(OC(F)(F)F)cc4)ccc3c2)c(F)c1. The second-order valence-electron chi connectivity index (χ2n) is 9.34. The molecule has 0 N–H and O–H groups in total. The molecule has 2 nitrogen and oxygen atoms in total. The zero-order chi connectivity index (χ0) is 28.0. The molecule has 0 amide bonds. The number of rotatable bonds is 11. The highest BCUT2D eigenvalue weighted by atomic mass is 19.4. The molecular weight excluding hydrogens is 518 g/mol. The highest BCUT2D eigenvalue weighted by Crippen LogP contribution is 2.33. The van der Waals surface area contributed by atoms with Crippen LogP contribution in [-0.2, 0) is 12.8 Å². The maximum atomic E-state index is 15.3. The molecule has 0 aromatic heterocycles. The molecule has 8 heteroatoms. The Morgan fingerprint density at radius 3 is 2.10 bits per heavy atom.